The Morgan fingerprint density at radius 2 is 0.926 bits per heavy atom. The molecule has 0 N–H and O–H groups in total. The molecule has 3 aromatic heterocycles. The summed E-state index contributed by atoms with van der Waals surface area (Å²) in [7, 11) is 0. The molecule has 0 atom stereocenters. The van der Waals surface area contributed by atoms with Crippen LogP contribution in [0.3, 0.4) is 0 Å². The Labute approximate surface area is 314 Å². The molecule has 0 unspecified atom stereocenters. The molecule has 0 aliphatic heterocycles. The van der Waals surface area contributed by atoms with Crippen molar-refractivity contribution in [2.24, 2.45) is 0 Å². The highest BCUT2D eigenvalue weighted by molar-refractivity contribution is 6.15. The smallest absolute Gasteiger partial charge is 0.235 e. The van der Waals surface area contributed by atoms with E-state index in [4.69, 9.17) is 9.97 Å². The Balaban J connectivity index is 1.34. The number of hydrogen-bond acceptors (Lipinski definition) is 2. The number of rotatable bonds is 6. The summed E-state index contributed by atoms with van der Waals surface area (Å²) in [6, 6.07) is 64.4. The van der Waals surface area contributed by atoms with E-state index in [9.17, 15) is 0 Å². The fourth-order valence-electron chi connectivity index (χ4n) is 8.21. The van der Waals surface area contributed by atoms with E-state index < -0.39 is 0 Å². The van der Waals surface area contributed by atoms with Gasteiger partial charge >= 0.3 is 0 Å². The van der Waals surface area contributed by atoms with Gasteiger partial charge in [-0.1, -0.05) is 158 Å². The molecule has 256 valence electrons. The zero-order chi connectivity index (χ0) is 36.2. The standard InChI is InChI=1S/C50H36N4/c1-33-18-12-13-25-38(33)39-30-31-46-47(34(39)2)40-26-14-16-28-44(40)53(46)49-41-27-15-17-29-45(41)54(48(49)37-23-10-5-11-24-37)50-51-42(35-19-6-3-7-20-35)32-43(52-50)36-21-8-4-9-22-36/h3-32H,1-2H3. The lowest BCUT2D eigenvalue weighted by Crippen LogP contribution is -2.06. The van der Waals surface area contributed by atoms with Crippen LogP contribution in [0.25, 0.3) is 89.2 Å². The second-order valence-electron chi connectivity index (χ2n) is 13.9. The van der Waals surface area contributed by atoms with Crippen LogP contribution in [0.1, 0.15) is 11.1 Å². The van der Waals surface area contributed by atoms with Gasteiger partial charge in [0.2, 0.25) is 5.95 Å². The first-order chi connectivity index (χ1) is 26.7. The maximum atomic E-state index is 5.37. The predicted octanol–water partition coefficient (Wildman–Crippen LogP) is 12.8. The molecule has 4 heteroatoms. The third-order valence-corrected chi connectivity index (χ3v) is 10.7. The molecule has 0 aliphatic carbocycles. The zero-order valence-electron chi connectivity index (χ0n) is 30.1. The lowest BCUT2D eigenvalue weighted by Gasteiger charge is -2.16. The molecule has 4 nitrogen and oxygen atoms in total. The van der Waals surface area contributed by atoms with Crippen molar-refractivity contribution in [2.45, 2.75) is 13.8 Å². The number of nitrogens with zero attached hydrogens (tertiary/aromatic N) is 4. The van der Waals surface area contributed by atoms with Crippen molar-refractivity contribution >= 4 is 32.7 Å². The van der Waals surface area contributed by atoms with Crippen molar-refractivity contribution in [3.8, 4) is 56.5 Å². The van der Waals surface area contributed by atoms with Crippen molar-refractivity contribution in [3.63, 3.8) is 0 Å². The first-order valence-electron chi connectivity index (χ1n) is 18.4. The quantitative estimate of drug-likeness (QED) is 0.174. The van der Waals surface area contributed by atoms with Crippen LogP contribution in [0.4, 0.5) is 0 Å². The van der Waals surface area contributed by atoms with Gasteiger partial charge in [-0.05, 0) is 60.4 Å². The number of hydrogen-bond donors (Lipinski definition) is 0. The lowest BCUT2D eigenvalue weighted by molar-refractivity contribution is 0.969. The lowest BCUT2D eigenvalue weighted by atomic mass is 9.94. The molecule has 0 fully saturated rings. The highest BCUT2D eigenvalue weighted by atomic mass is 15.2. The van der Waals surface area contributed by atoms with Crippen LogP contribution in [0.5, 0.6) is 0 Å². The summed E-state index contributed by atoms with van der Waals surface area (Å²) in [5.41, 5.74) is 15.4. The van der Waals surface area contributed by atoms with Gasteiger partial charge < -0.3 is 4.57 Å². The Hall–Kier alpha value is -7.04. The van der Waals surface area contributed by atoms with E-state index in [1.54, 1.807) is 0 Å². The van der Waals surface area contributed by atoms with Gasteiger partial charge in [0.1, 0.15) is 0 Å². The molecule has 10 rings (SSSR count). The minimum absolute atomic E-state index is 0.621. The van der Waals surface area contributed by atoms with Gasteiger partial charge in [0.25, 0.3) is 0 Å². The molecule has 10 aromatic rings. The first kappa shape index (κ1) is 31.7. The average Bonchev–Trinajstić information content (AvgIpc) is 3.75. The van der Waals surface area contributed by atoms with Crippen LogP contribution in [0.2, 0.25) is 0 Å². The highest BCUT2D eigenvalue weighted by Crippen LogP contribution is 2.45. The van der Waals surface area contributed by atoms with Crippen molar-refractivity contribution in [1.29, 1.82) is 0 Å². The normalized spacial score (nSPS) is 11.5. The third-order valence-electron chi connectivity index (χ3n) is 10.7. The average molecular weight is 693 g/mol. The van der Waals surface area contributed by atoms with E-state index in [1.165, 1.54) is 33.0 Å². The molecule has 0 radical (unpaired) electrons. The summed E-state index contributed by atoms with van der Waals surface area (Å²) >= 11 is 0. The van der Waals surface area contributed by atoms with Crippen LogP contribution in [-0.4, -0.2) is 19.1 Å². The fourth-order valence-corrected chi connectivity index (χ4v) is 8.21. The van der Waals surface area contributed by atoms with Gasteiger partial charge in [0.15, 0.2) is 0 Å². The van der Waals surface area contributed by atoms with Crippen LogP contribution in [0, 0.1) is 13.8 Å². The van der Waals surface area contributed by atoms with Crippen molar-refractivity contribution in [1.82, 2.24) is 19.1 Å². The third kappa shape index (κ3) is 5.07. The number of aromatic nitrogens is 4. The van der Waals surface area contributed by atoms with Crippen molar-refractivity contribution < 1.29 is 0 Å². The van der Waals surface area contributed by atoms with Gasteiger partial charge in [-0.25, -0.2) is 9.97 Å². The van der Waals surface area contributed by atoms with Crippen LogP contribution < -0.4 is 0 Å². The van der Waals surface area contributed by atoms with Crippen LogP contribution in [0.15, 0.2) is 182 Å². The minimum atomic E-state index is 0.621. The van der Waals surface area contributed by atoms with Crippen LogP contribution >= 0.6 is 0 Å². The van der Waals surface area contributed by atoms with Gasteiger partial charge in [-0.3, -0.25) is 4.57 Å². The molecule has 0 aliphatic rings. The summed E-state index contributed by atoms with van der Waals surface area (Å²) in [5.74, 6) is 0.621. The Kier molecular flexibility index (Phi) is 7.55. The largest absolute Gasteiger partial charge is 0.306 e. The summed E-state index contributed by atoms with van der Waals surface area (Å²) < 4.78 is 4.74. The van der Waals surface area contributed by atoms with Gasteiger partial charge in [0, 0.05) is 32.8 Å². The van der Waals surface area contributed by atoms with Gasteiger partial charge in [0.05, 0.1) is 39.3 Å². The second kappa shape index (κ2) is 12.9. The molecule has 7 aromatic carbocycles. The van der Waals surface area contributed by atoms with Crippen molar-refractivity contribution in [2.75, 3.05) is 0 Å². The molecule has 3 heterocycles. The second-order valence-corrected chi connectivity index (χ2v) is 13.9. The van der Waals surface area contributed by atoms with Crippen LogP contribution in [-0.2, 0) is 0 Å². The van der Waals surface area contributed by atoms with Crippen molar-refractivity contribution in [3.05, 3.63) is 193 Å². The topological polar surface area (TPSA) is 35.6 Å². The molecule has 54 heavy (non-hydrogen) atoms. The summed E-state index contributed by atoms with van der Waals surface area (Å²) in [6.45, 7) is 4.47. The molecular formula is C50H36N4. The molecule has 0 saturated carbocycles. The molecule has 0 saturated heterocycles. The van der Waals surface area contributed by atoms with E-state index in [2.05, 4.69) is 193 Å². The predicted molar refractivity (Wildman–Crippen MR) is 224 cm³/mol. The monoisotopic (exact) mass is 692 g/mol. The maximum absolute atomic E-state index is 5.37. The number of fused-ring (bicyclic) bond motifs is 4. The Bertz CT molecular complexity index is 2930. The van der Waals surface area contributed by atoms with E-state index in [0.29, 0.717) is 5.95 Å². The first-order valence-corrected chi connectivity index (χ1v) is 18.4. The maximum Gasteiger partial charge on any atom is 0.235 e. The van der Waals surface area contributed by atoms with E-state index in [-0.39, 0.29) is 0 Å². The number of benzene rings is 7. The highest BCUT2D eigenvalue weighted by Gasteiger charge is 2.27. The zero-order valence-corrected chi connectivity index (χ0v) is 30.1. The fraction of sp³-hybridized carbons (Fsp3) is 0.0400. The Morgan fingerprint density at radius 3 is 1.56 bits per heavy atom. The molecule has 0 bridgehead atoms. The van der Waals surface area contributed by atoms with E-state index >= 15 is 0 Å². The van der Waals surface area contributed by atoms with E-state index in [1.807, 2.05) is 12.1 Å². The summed E-state index contributed by atoms with van der Waals surface area (Å²) in [6.07, 6.45) is 0. The Morgan fingerprint density at radius 1 is 0.407 bits per heavy atom. The summed E-state index contributed by atoms with van der Waals surface area (Å²) in [4.78, 5) is 10.7. The minimum Gasteiger partial charge on any atom is -0.306 e. The SMILES string of the molecule is Cc1ccccc1-c1ccc2c(c1C)c1ccccc1n2-c1c(-c2ccccc2)n(-c2nc(-c3ccccc3)cc(-c3ccccc3)n2)c2ccccc12. The molecule has 0 spiro atoms. The molecular weight excluding hydrogens is 657 g/mol. The van der Waals surface area contributed by atoms with Gasteiger partial charge in [-0.2, -0.15) is 0 Å². The summed E-state index contributed by atoms with van der Waals surface area (Å²) in [5, 5.41) is 3.61. The number of para-hydroxylation sites is 2. The van der Waals surface area contributed by atoms with E-state index in [0.717, 1.165) is 61.4 Å². The molecule has 0 amide bonds. The van der Waals surface area contributed by atoms with Gasteiger partial charge in [-0.15, -0.1) is 0 Å². The number of aryl methyl sites for hydroxylation is 2.